The van der Waals surface area contributed by atoms with E-state index in [0.717, 1.165) is 61.4 Å². The Morgan fingerprint density at radius 3 is 2.96 bits per heavy atom. The van der Waals surface area contributed by atoms with Crippen molar-refractivity contribution in [1.29, 1.82) is 0 Å². The van der Waals surface area contributed by atoms with E-state index in [1.165, 1.54) is 5.56 Å². The first kappa shape index (κ1) is 22.9. The van der Waals surface area contributed by atoms with Crippen molar-refractivity contribution >= 4 is 41.5 Å². The normalized spacial score (nSPS) is 16.2. The van der Waals surface area contributed by atoms with Crippen molar-refractivity contribution in [3.05, 3.63) is 46.5 Å². The van der Waals surface area contributed by atoms with E-state index in [-0.39, 0.29) is 30.0 Å². The average molecular weight is 519 g/mol. The highest BCUT2D eigenvalue weighted by atomic mass is 127. The molecule has 2 aromatic rings. The number of hydrogen-bond acceptors (Lipinski definition) is 4. The number of benzene rings is 1. The molecule has 28 heavy (non-hydrogen) atoms. The molecule has 3 rings (SSSR count). The number of aliphatic imine (C=N–C) groups is 1. The zero-order chi connectivity index (χ0) is 19.1. The van der Waals surface area contributed by atoms with E-state index in [1.54, 1.807) is 14.2 Å². The lowest BCUT2D eigenvalue weighted by Gasteiger charge is -2.25. The standard InChI is InChI=1S/C19H27ClN6O.HI/c1-21-19(22-11-5-7-14-6-3-4-8-16(14)20)23-15-9-10-18-24-17(13-27-2)25-26(18)12-15;/h3-4,6,8,15H,5,7,9-13H2,1-2H3,(H2,21,22,23);1H. The van der Waals surface area contributed by atoms with Crippen LogP contribution in [0.2, 0.25) is 5.02 Å². The topological polar surface area (TPSA) is 76.4 Å². The van der Waals surface area contributed by atoms with E-state index < -0.39 is 0 Å². The molecule has 1 aromatic carbocycles. The minimum absolute atomic E-state index is 0. The van der Waals surface area contributed by atoms with Gasteiger partial charge in [-0.3, -0.25) is 4.99 Å². The summed E-state index contributed by atoms with van der Waals surface area (Å²) in [5.41, 5.74) is 1.18. The SMILES string of the molecule is CN=C(NCCCc1ccccc1Cl)NC1CCc2nc(COC)nn2C1.I. The van der Waals surface area contributed by atoms with Crippen LogP contribution >= 0.6 is 35.6 Å². The molecule has 0 aliphatic carbocycles. The fraction of sp³-hybridized carbons (Fsp3) is 0.526. The van der Waals surface area contributed by atoms with E-state index in [1.807, 2.05) is 22.9 Å². The Balaban J connectivity index is 0.00000280. The fourth-order valence-corrected chi connectivity index (χ4v) is 3.47. The predicted octanol–water partition coefficient (Wildman–Crippen LogP) is 2.81. The number of aryl methyl sites for hydroxylation is 2. The third-order valence-electron chi connectivity index (χ3n) is 4.61. The second-order valence-electron chi connectivity index (χ2n) is 6.63. The van der Waals surface area contributed by atoms with Crippen molar-refractivity contribution in [3.63, 3.8) is 0 Å². The van der Waals surface area contributed by atoms with Crippen LogP contribution in [0.4, 0.5) is 0 Å². The molecule has 9 heteroatoms. The van der Waals surface area contributed by atoms with E-state index in [4.69, 9.17) is 16.3 Å². The number of ether oxygens (including phenoxy) is 1. The van der Waals surface area contributed by atoms with Gasteiger partial charge in [0.05, 0.1) is 6.54 Å². The molecule has 0 saturated heterocycles. The van der Waals surface area contributed by atoms with Gasteiger partial charge in [-0.25, -0.2) is 9.67 Å². The predicted molar refractivity (Wildman–Crippen MR) is 123 cm³/mol. The monoisotopic (exact) mass is 518 g/mol. The van der Waals surface area contributed by atoms with Crippen LogP contribution in [0, 0.1) is 0 Å². The quantitative estimate of drug-likeness (QED) is 0.255. The van der Waals surface area contributed by atoms with Gasteiger partial charge in [-0.1, -0.05) is 29.8 Å². The van der Waals surface area contributed by atoms with Gasteiger partial charge < -0.3 is 15.4 Å². The van der Waals surface area contributed by atoms with E-state index >= 15 is 0 Å². The molecule has 154 valence electrons. The van der Waals surface area contributed by atoms with Crippen LogP contribution in [0.5, 0.6) is 0 Å². The van der Waals surface area contributed by atoms with E-state index in [9.17, 15) is 0 Å². The van der Waals surface area contributed by atoms with Crippen LogP contribution in [0.1, 0.15) is 30.1 Å². The summed E-state index contributed by atoms with van der Waals surface area (Å²) in [4.78, 5) is 8.85. The summed E-state index contributed by atoms with van der Waals surface area (Å²) >= 11 is 6.21. The zero-order valence-corrected chi connectivity index (χ0v) is 19.4. The summed E-state index contributed by atoms with van der Waals surface area (Å²) < 4.78 is 7.09. The number of methoxy groups -OCH3 is 1. The van der Waals surface area contributed by atoms with Gasteiger partial charge >= 0.3 is 0 Å². The number of nitrogens with one attached hydrogen (secondary N) is 2. The summed E-state index contributed by atoms with van der Waals surface area (Å²) in [7, 11) is 3.45. The summed E-state index contributed by atoms with van der Waals surface area (Å²) in [5.74, 6) is 2.60. The van der Waals surface area contributed by atoms with Gasteiger partial charge in [0.2, 0.25) is 0 Å². The van der Waals surface area contributed by atoms with Crippen LogP contribution in [-0.2, 0) is 30.7 Å². The first-order valence-corrected chi connectivity index (χ1v) is 9.69. The second kappa shape index (κ2) is 11.6. The first-order valence-electron chi connectivity index (χ1n) is 9.31. The van der Waals surface area contributed by atoms with Crippen LogP contribution in [-0.4, -0.2) is 47.5 Å². The molecule has 0 radical (unpaired) electrons. The number of nitrogens with zero attached hydrogens (tertiary/aromatic N) is 4. The number of rotatable bonds is 7. The van der Waals surface area contributed by atoms with Gasteiger partial charge in [0.1, 0.15) is 12.4 Å². The summed E-state index contributed by atoms with van der Waals surface area (Å²) in [6, 6.07) is 8.27. The molecule has 0 bridgehead atoms. The third kappa shape index (κ3) is 6.31. The Morgan fingerprint density at radius 1 is 1.39 bits per heavy atom. The summed E-state index contributed by atoms with van der Waals surface area (Å²) in [5, 5.41) is 12.2. The van der Waals surface area contributed by atoms with Gasteiger partial charge in [0.15, 0.2) is 11.8 Å². The molecule has 1 aliphatic rings. The van der Waals surface area contributed by atoms with Gasteiger partial charge in [-0.2, -0.15) is 5.10 Å². The van der Waals surface area contributed by atoms with E-state index in [2.05, 4.69) is 31.8 Å². The summed E-state index contributed by atoms with van der Waals surface area (Å²) in [6.45, 7) is 2.07. The zero-order valence-electron chi connectivity index (χ0n) is 16.3. The molecular weight excluding hydrogens is 491 g/mol. The molecule has 2 heterocycles. The Labute approximate surface area is 188 Å². The average Bonchev–Trinajstić information content (AvgIpc) is 3.07. The molecule has 0 amide bonds. The van der Waals surface area contributed by atoms with Crippen molar-refractivity contribution in [1.82, 2.24) is 25.4 Å². The minimum Gasteiger partial charge on any atom is -0.377 e. The van der Waals surface area contributed by atoms with Crippen molar-refractivity contribution < 1.29 is 4.74 Å². The highest BCUT2D eigenvalue weighted by Crippen LogP contribution is 2.16. The lowest BCUT2D eigenvalue weighted by molar-refractivity contribution is 0.177. The van der Waals surface area contributed by atoms with Gasteiger partial charge in [0.25, 0.3) is 0 Å². The van der Waals surface area contributed by atoms with Gasteiger partial charge in [0, 0.05) is 38.2 Å². The maximum absolute atomic E-state index is 6.21. The van der Waals surface area contributed by atoms with Crippen LogP contribution in [0.15, 0.2) is 29.3 Å². The number of fused-ring (bicyclic) bond motifs is 1. The molecule has 1 atom stereocenters. The van der Waals surface area contributed by atoms with Crippen molar-refractivity contribution in [2.75, 3.05) is 20.7 Å². The Kier molecular flexibility index (Phi) is 9.46. The van der Waals surface area contributed by atoms with Crippen molar-refractivity contribution in [3.8, 4) is 0 Å². The second-order valence-corrected chi connectivity index (χ2v) is 7.04. The highest BCUT2D eigenvalue weighted by molar-refractivity contribution is 14.0. The molecule has 0 fully saturated rings. The largest absolute Gasteiger partial charge is 0.377 e. The van der Waals surface area contributed by atoms with Gasteiger partial charge in [-0.05, 0) is 30.9 Å². The van der Waals surface area contributed by atoms with Crippen LogP contribution < -0.4 is 10.6 Å². The molecule has 1 aromatic heterocycles. The van der Waals surface area contributed by atoms with Crippen LogP contribution in [0.3, 0.4) is 0 Å². The minimum atomic E-state index is 0. The Morgan fingerprint density at radius 2 is 2.21 bits per heavy atom. The van der Waals surface area contributed by atoms with Crippen molar-refractivity contribution in [2.45, 2.75) is 44.9 Å². The fourth-order valence-electron chi connectivity index (χ4n) is 3.24. The number of aromatic nitrogens is 3. The molecule has 7 nitrogen and oxygen atoms in total. The first-order chi connectivity index (χ1) is 13.2. The third-order valence-corrected chi connectivity index (χ3v) is 4.98. The van der Waals surface area contributed by atoms with E-state index in [0.29, 0.717) is 6.61 Å². The Bertz CT molecular complexity index is 782. The molecule has 0 spiro atoms. The summed E-state index contributed by atoms with van der Waals surface area (Å²) in [6.07, 6.45) is 3.84. The highest BCUT2D eigenvalue weighted by Gasteiger charge is 2.22. The number of guanidine groups is 1. The lowest BCUT2D eigenvalue weighted by Crippen LogP contribution is -2.47. The maximum atomic E-state index is 6.21. The number of hydrogen-bond donors (Lipinski definition) is 2. The number of halogens is 2. The molecular formula is C19H28ClIN6O. The molecule has 1 unspecified atom stereocenters. The lowest BCUT2D eigenvalue weighted by atomic mass is 10.1. The van der Waals surface area contributed by atoms with Crippen molar-refractivity contribution in [2.24, 2.45) is 4.99 Å². The smallest absolute Gasteiger partial charge is 0.191 e. The molecule has 2 N–H and O–H groups in total. The maximum Gasteiger partial charge on any atom is 0.191 e. The molecule has 0 saturated carbocycles. The molecule has 1 aliphatic heterocycles. The Hall–Kier alpha value is -1.39. The van der Waals surface area contributed by atoms with Gasteiger partial charge in [-0.15, -0.1) is 24.0 Å². The van der Waals surface area contributed by atoms with Crippen LogP contribution in [0.25, 0.3) is 0 Å².